The van der Waals surface area contributed by atoms with Crippen LogP contribution in [0.15, 0.2) is 53.4 Å². The van der Waals surface area contributed by atoms with Crippen molar-refractivity contribution >= 4 is 37.4 Å². The Hall–Kier alpha value is -2.76. The Labute approximate surface area is 193 Å². The van der Waals surface area contributed by atoms with Gasteiger partial charge in [0.1, 0.15) is 0 Å². The van der Waals surface area contributed by atoms with Crippen molar-refractivity contribution in [2.24, 2.45) is 0 Å². The summed E-state index contributed by atoms with van der Waals surface area (Å²) in [5, 5.41) is 0. The van der Waals surface area contributed by atoms with Crippen LogP contribution in [0, 0.1) is 6.92 Å². The Morgan fingerprint density at radius 1 is 1.15 bits per heavy atom. The molecule has 0 unspecified atom stereocenters. The van der Waals surface area contributed by atoms with Crippen LogP contribution < -0.4 is 9.62 Å². The maximum atomic E-state index is 13.0. The molecule has 1 heterocycles. The molecule has 0 spiro atoms. The van der Waals surface area contributed by atoms with Gasteiger partial charge >= 0.3 is 5.97 Å². The fourth-order valence-electron chi connectivity index (χ4n) is 3.66. The van der Waals surface area contributed by atoms with Gasteiger partial charge < -0.3 is 9.64 Å². The van der Waals surface area contributed by atoms with Gasteiger partial charge in [-0.1, -0.05) is 31.2 Å². The highest BCUT2D eigenvalue weighted by Gasteiger charge is 2.36. The van der Waals surface area contributed by atoms with Crippen LogP contribution in [0.1, 0.15) is 29.3 Å². The number of carbonyl (C=O) groups excluding carboxylic acids is 2. The molecule has 2 aromatic rings. The molecule has 1 aliphatic heterocycles. The van der Waals surface area contributed by atoms with Crippen LogP contribution in [0.25, 0.3) is 0 Å². The highest BCUT2D eigenvalue weighted by molar-refractivity contribution is 7.91. The monoisotopic (exact) mass is 494 g/mol. The van der Waals surface area contributed by atoms with Crippen molar-refractivity contribution in [3.8, 4) is 0 Å². The van der Waals surface area contributed by atoms with Gasteiger partial charge in [0.15, 0.2) is 16.4 Å². The number of rotatable bonds is 8. The smallest absolute Gasteiger partial charge is 0.338 e. The van der Waals surface area contributed by atoms with Gasteiger partial charge in [-0.05, 0) is 43.2 Å². The van der Waals surface area contributed by atoms with Crippen molar-refractivity contribution in [1.82, 2.24) is 4.72 Å². The molecule has 11 heteroatoms. The van der Waals surface area contributed by atoms with E-state index < -0.39 is 44.4 Å². The molecular weight excluding hydrogens is 468 g/mol. The molecule has 0 aromatic heterocycles. The maximum absolute atomic E-state index is 13.0. The molecule has 1 fully saturated rings. The van der Waals surface area contributed by atoms with Crippen molar-refractivity contribution < 1.29 is 31.2 Å². The average molecular weight is 495 g/mol. The molecule has 0 aliphatic carbocycles. The lowest BCUT2D eigenvalue weighted by Gasteiger charge is -2.28. The second kappa shape index (κ2) is 10.0. The molecule has 0 bridgehead atoms. The molecule has 1 saturated heterocycles. The number of nitrogens with one attached hydrogen (secondary N) is 1. The number of carbonyl (C=O) groups is 2. The summed E-state index contributed by atoms with van der Waals surface area (Å²) in [6.07, 6.45) is 0.292. The number of anilines is 1. The van der Waals surface area contributed by atoms with Gasteiger partial charge in [0, 0.05) is 12.2 Å². The van der Waals surface area contributed by atoms with Gasteiger partial charge in [-0.15, -0.1) is 0 Å². The molecule has 1 amide bonds. The van der Waals surface area contributed by atoms with E-state index in [9.17, 15) is 26.4 Å². The van der Waals surface area contributed by atoms with E-state index in [0.29, 0.717) is 17.7 Å². The largest absolute Gasteiger partial charge is 0.452 e. The number of nitrogens with zero attached hydrogens (tertiary/aromatic N) is 1. The van der Waals surface area contributed by atoms with Gasteiger partial charge in [-0.25, -0.2) is 26.4 Å². The van der Waals surface area contributed by atoms with Gasteiger partial charge in [-0.2, -0.15) is 0 Å². The van der Waals surface area contributed by atoms with Gasteiger partial charge in [-0.3, -0.25) is 4.79 Å². The van der Waals surface area contributed by atoms with Crippen LogP contribution in [0.3, 0.4) is 0 Å². The summed E-state index contributed by atoms with van der Waals surface area (Å²) < 4.78 is 56.0. The minimum absolute atomic E-state index is 0.0136. The third-order valence-electron chi connectivity index (χ3n) is 5.28. The SMILES string of the molecule is CCNS(=O)(=O)c1ccc(C)c(C(=O)OCC(=O)N(c2ccccc2)[C@@H]2CCS(=O)(=O)C2)c1. The predicted octanol–water partition coefficient (Wildman–Crippen LogP) is 1.67. The highest BCUT2D eigenvalue weighted by Crippen LogP contribution is 2.25. The second-order valence-electron chi connectivity index (χ2n) is 7.71. The Kier molecular flexibility index (Phi) is 7.55. The van der Waals surface area contributed by atoms with Crippen LogP contribution in [0.5, 0.6) is 0 Å². The minimum atomic E-state index is -3.78. The molecule has 0 saturated carbocycles. The van der Waals surface area contributed by atoms with Crippen LogP contribution in [0.4, 0.5) is 5.69 Å². The number of aryl methyl sites for hydroxylation is 1. The van der Waals surface area contributed by atoms with Crippen molar-refractivity contribution in [2.75, 3.05) is 29.6 Å². The molecule has 9 nitrogen and oxygen atoms in total. The minimum Gasteiger partial charge on any atom is -0.452 e. The quantitative estimate of drug-likeness (QED) is 0.553. The first-order chi connectivity index (χ1) is 15.5. The number of ether oxygens (including phenoxy) is 1. The molecule has 2 aromatic carbocycles. The first-order valence-electron chi connectivity index (χ1n) is 10.4. The molecule has 0 radical (unpaired) electrons. The van der Waals surface area contributed by atoms with E-state index >= 15 is 0 Å². The van der Waals surface area contributed by atoms with Crippen LogP contribution in [0.2, 0.25) is 0 Å². The van der Waals surface area contributed by atoms with Crippen molar-refractivity contribution in [2.45, 2.75) is 31.2 Å². The topological polar surface area (TPSA) is 127 Å². The third kappa shape index (κ3) is 5.98. The van der Waals surface area contributed by atoms with Gasteiger partial charge in [0.05, 0.1) is 28.0 Å². The number of para-hydroxylation sites is 1. The molecule has 178 valence electrons. The van der Waals surface area contributed by atoms with E-state index in [-0.39, 0.29) is 28.5 Å². The third-order valence-corrected chi connectivity index (χ3v) is 8.57. The first-order valence-corrected chi connectivity index (χ1v) is 13.7. The molecule has 1 aliphatic rings. The zero-order valence-corrected chi connectivity index (χ0v) is 20.0. The Morgan fingerprint density at radius 2 is 1.85 bits per heavy atom. The van der Waals surface area contributed by atoms with Crippen molar-refractivity contribution in [3.63, 3.8) is 0 Å². The Morgan fingerprint density at radius 3 is 2.45 bits per heavy atom. The normalized spacial score (nSPS) is 17.5. The summed E-state index contributed by atoms with van der Waals surface area (Å²) in [7, 11) is -7.03. The number of sulfonamides is 1. The molecule has 3 rings (SSSR count). The number of hydrogen-bond acceptors (Lipinski definition) is 7. The Bertz CT molecular complexity index is 1240. The summed E-state index contributed by atoms with van der Waals surface area (Å²) >= 11 is 0. The van der Waals surface area contributed by atoms with E-state index in [4.69, 9.17) is 4.74 Å². The van der Waals surface area contributed by atoms with E-state index in [0.717, 1.165) is 0 Å². The molecule has 33 heavy (non-hydrogen) atoms. The van der Waals surface area contributed by atoms with E-state index in [1.807, 2.05) is 0 Å². The number of benzene rings is 2. The number of amides is 1. The summed E-state index contributed by atoms with van der Waals surface area (Å²) in [5.74, 6) is -1.59. The predicted molar refractivity (Wildman–Crippen MR) is 123 cm³/mol. The lowest BCUT2D eigenvalue weighted by molar-refractivity contribution is -0.122. The van der Waals surface area contributed by atoms with Gasteiger partial charge in [0.2, 0.25) is 10.0 Å². The van der Waals surface area contributed by atoms with E-state index in [2.05, 4.69) is 4.72 Å². The number of hydrogen-bond donors (Lipinski definition) is 1. The Balaban J connectivity index is 1.79. The van der Waals surface area contributed by atoms with E-state index in [1.54, 1.807) is 44.2 Å². The maximum Gasteiger partial charge on any atom is 0.338 e. The second-order valence-corrected chi connectivity index (χ2v) is 11.7. The van der Waals surface area contributed by atoms with E-state index in [1.165, 1.54) is 23.1 Å². The lowest BCUT2D eigenvalue weighted by atomic mass is 10.1. The number of esters is 1. The molecule has 1 atom stereocenters. The lowest BCUT2D eigenvalue weighted by Crippen LogP contribution is -2.43. The summed E-state index contributed by atoms with van der Waals surface area (Å²) in [6, 6.07) is 12.1. The summed E-state index contributed by atoms with van der Waals surface area (Å²) in [6.45, 7) is 2.84. The fraction of sp³-hybridized carbons (Fsp3) is 0.364. The van der Waals surface area contributed by atoms with Crippen molar-refractivity contribution in [1.29, 1.82) is 0 Å². The zero-order valence-electron chi connectivity index (χ0n) is 18.4. The fourth-order valence-corrected chi connectivity index (χ4v) is 6.43. The summed E-state index contributed by atoms with van der Waals surface area (Å²) in [5.41, 5.74) is 1.02. The summed E-state index contributed by atoms with van der Waals surface area (Å²) in [4.78, 5) is 27.0. The van der Waals surface area contributed by atoms with Crippen LogP contribution in [-0.2, 0) is 29.4 Å². The first kappa shape index (κ1) is 24.9. The van der Waals surface area contributed by atoms with Crippen LogP contribution in [-0.4, -0.2) is 59.4 Å². The zero-order chi connectivity index (χ0) is 24.2. The van der Waals surface area contributed by atoms with Crippen molar-refractivity contribution in [3.05, 3.63) is 59.7 Å². The molecule has 1 N–H and O–H groups in total. The average Bonchev–Trinajstić information content (AvgIpc) is 3.12. The van der Waals surface area contributed by atoms with Gasteiger partial charge in [0.25, 0.3) is 5.91 Å². The van der Waals surface area contributed by atoms with Crippen LogP contribution >= 0.6 is 0 Å². The highest BCUT2D eigenvalue weighted by atomic mass is 32.2. The molecular formula is C22H26N2O7S2. The number of sulfone groups is 1. The standard InChI is InChI=1S/C22H26N2O7S2/c1-3-23-33(29,30)19-10-9-16(2)20(13-19)22(26)31-14-21(25)24(17-7-5-4-6-8-17)18-11-12-32(27,28)15-18/h4-10,13,18,23H,3,11-12,14-15H2,1-2H3/t18-/m1/s1.